The van der Waals surface area contributed by atoms with Crippen LogP contribution in [0.5, 0.6) is 11.5 Å². The van der Waals surface area contributed by atoms with Crippen LogP contribution >= 0.6 is 0 Å². The summed E-state index contributed by atoms with van der Waals surface area (Å²) in [7, 11) is 0. The molecule has 6 nitrogen and oxygen atoms in total. The molecule has 0 radical (unpaired) electrons. The predicted molar refractivity (Wildman–Crippen MR) is 95.6 cm³/mol. The van der Waals surface area contributed by atoms with E-state index in [0.717, 1.165) is 16.9 Å². The Balaban J connectivity index is 1.49. The van der Waals surface area contributed by atoms with E-state index in [4.69, 9.17) is 14.6 Å². The molecule has 6 heteroatoms. The van der Waals surface area contributed by atoms with E-state index in [2.05, 4.69) is 5.32 Å². The Bertz CT molecular complexity index is 772. The van der Waals surface area contributed by atoms with Gasteiger partial charge in [-0.25, -0.2) is 4.79 Å². The summed E-state index contributed by atoms with van der Waals surface area (Å²) < 4.78 is 10.7. The van der Waals surface area contributed by atoms with Gasteiger partial charge in [0.1, 0.15) is 11.5 Å². The molecule has 0 aliphatic carbocycles. The molecule has 1 unspecified atom stereocenters. The van der Waals surface area contributed by atoms with Gasteiger partial charge in [-0.15, -0.1) is 0 Å². The number of carbonyl (C=O) groups is 2. The average Bonchev–Trinajstić information content (AvgIpc) is 2.66. The molecule has 2 N–H and O–H groups in total. The first-order chi connectivity index (χ1) is 12.6. The van der Waals surface area contributed by atoms with E-state index in [0.29, 0.717) is 31.7 Å². The van der Waals surface area contributed by atoms with Crippen molar-refractivity contribution in [2.24, 2.45) is 0 Å². The number of carboxylic acids is 1. The molecule has 0 bridgehead atoms. The molecule has 0 fully saturated rings. The van der Waals surface area contributed by atoms with Gasteiger partial charge < -0.3 is 19.9 Å². The van der Waals surface area contributed by atoms with E-state index in [1.54, 1.807) is 12.1 Å². The van der Waals surface area contributed by atoms with Gasteiger partial charge in [-0.2, -0.15) is 0 Å². The van der Waals surface area contributed by atoms with Crippen molar-refractivity contribution in [2.45, 2.75) is 18.8 Å². The number of nitrogens with one attached hydrogen (secondary N) is 1. The largest absolute Gasteiger partial charge is 0.493 e. The quantitative estimate of drug-likeness (QED) is 0.796. The minimum absolute atomic E-state index is 0.0159. The average molecular weight is 355 g/mol. The minimum Gasteiger partial charge on any atom is -0.493 e. The molecule has 0 saturated carbocycles. The number of para-hydroxylation sites is 1. The van der Waals surface area contributed by atoms with Crippen molar-refractivity contribution in [1.82, 2.24) is 5.32 Å². The lowest BCUT2D eigenvalue weighted by atomic mass is 9.92. The lowest BCUT2D eigenvalue weighted by Crippen LogP contribution is -2.33. The maximum atomic E-state index is 12.5. The second-order valence-electron chi connectivity index (χ2n) is 6.09. The van der Waals surface area contributed by atoms with E-state index in [-0.39, 0.29) is 18.4 Å². The monoisotopic (exact) mass is 355 g/mol. The molecule has 0 saturated heterocycles. The number of hydrogen-bond donors (Lipinski definition) is 2. The van der Waals surface area contributed by atoms with Crippen molar-refractivity contribution in [2.75, 3.05) is 19.8 Å². The Labute approximate surface area is 151 Å². The number of carbonyl (C=O) groups excluding carboxylic acids is 1. The molecule has 0 aromatic heterocycles. The number of ether oxygens (including phenoxy) is 2. The molecule has 1 heterocycles. The first kappa shape index (κ1) is 17.8. The molecule has 26 heavy (non-hydrogen) atoms. The summed E-state index contributed by atoms with van der Waals surface area (Å²) in [6.07, 6.45) is 1.37. The van der Waals surface area contributed by atoms with Crippen molar-refractivity contribution in [3.63, 3.8) is 0 Å². The van der Waals surface area contributed by atoms with Crippen molar-refractivity contribution in [3.8, 4) is 11.5 Å². The number of amides is 1. The number of carboxylic acid groups (broad SMARTS) is 1. The SMILES string of the molecule is O=C(O)COc1ccc(CCNC(=O)C2CCOc3ccccc32)cc1. The number of aliphatic carboxylic acids is 1. The summed E-state index contributed by atoms with van der Waals surface area (Å²) in [4.78, 5) is 23.0. The molecule has 1 atom stereocenters. The van der Waals surface area contributed by atoms with Gasteiger partial charge in [0, 0.05) is 12.1 Å². The van der Waals surface area contributed by atoms with Gasteiger partial charge in [0.05, 0.1) is 12.5 Å². The summed E-state index contributed by atoms with van der Waals surface area (Å²) in [6.45, 7) is 0.725. The van der Waals surface area contributed by atoms with E-state index < -0.39 is 5.97 Å². The van der Waals surface area contributed by atoms with Gasteiger partial charge >= 0.3 is 5.97 Å². The second kappa shape index (κ2) is 8.38. The van der Waals surface area contributed by atoms with Crippen LogP contribution in [0.3, 0.4) is 0 Å². The zero-order valence-corrected chi connectivity index (χ0v) is 14.3. The number of benzene rings is 2. The van der Waals surface area contributed by atoms with E-state index >= 15 is 0 Å². The molecule has 3 rings (SSSR count). The number of fused-ring (bicyclic) bond motifs is 1. The highest BCUT2D eigenvalue weighted by molar-refractivity contribution is 5.84. The number of hydrogen-bond acceptors (Lipinski definition) is 4. The molecule has 2 aromatic rings. The van der Waals surface area contributed by atoms with Gasteiger partial charge in [0.15, 0.2) is 6.61 Å². The minimum atomic E-state index is -1.01. The van der Waals surface area contributed by atoms with Crippen molar-refractivity contribution in [1.29, 1.82) is 0 Å². The molecular formula is C20H21NO5. The zero-order valence-electron chi connectivity index (χ0n) is 14.3. The lowest BCUT2D eigenvalue weighted by molar-refractivity contribution is -0.139. The summed E-state index contributed by atoms with van der Waals surface area (Å²) in [5.74, 6) is 0.134. The third-order valence-corrected chi connectivity index (χ3v) is 4.27. The second-order valence-corrected chi connectivity index (χ2v) is 6.09. The topological polar surface area (TPSA) is 84.9 Å². The van der Waals surface area contributed by atoms with Gasteiger partial charge in [0.25, 0.3) is 0 Å². The molecule has 1 amide bonds. The van der Waals surface area contributed by atoms with Gasteiger partial charge in [0.2, 0.25) is 5.91 Å². The van der Waals surface area contributed by atoms with Crippen molar-refractivity contribution < 1.29 is 24.2 Å². The van der Waals surface area contributed by atoms with E-state index in [9.17, 15) is 9.59 Å². The Kier molecular flexibility index (Phi) is 5.73. The third kappa shape index (κ3) is 4.53. The Morgan fingerprint density at radius 2 is 1.92 bits per heavy atom. The third-order valence-electron chi connectivity index (χ3n) is 4.27. The summed E-state index contributed by atoms with van der Waals surface area (Å²) in [6, 6.07) is 14.9. The van der Waals surface area contributed by atoms with Gasteiger partial charge in [-0.1, -0.05) is 30.3 Å². The molecule has 1 aliphatic rings. The van der Waals surface area contributed by atoms with Crippen molar-refractivity contribution in [3.05, 3.63) is 59.7 Å². The highest BCUT2D eigenvalue weighted by atomic mass is 16.5. The van der Waals surface area contributed by atoms with Crippen LogP contribution in [0.25, 0.3) is 0 Å². The van der Waals surface area contributed by atoms with Crippen LogP contribution in [0.1, 0.15) is 23.5 Å². The fourth-order valence-electron chi connectivity index (χ4n) is 2.97. The molecule has 2 aromatic carbocycles. The molecule has 0 spiro atoms. The van der Waals surface area contributed by atoms with Crippen molar-refractivity contribution >= 4 is 11.9 Å². The first-order valence-electron chi connectivity index (χ1n) is 8.56. The fourth-order valence-corrected chi connectivity index (χ4v) is 2.97. The summed E-state index contributed by atoms with van der Waals surface area (Å²) in [5, 5.41) is 11.6. The maximum Gasteiger partial charge on any atom is 0.341 e. The summed E-state index contributed by atoms with van der Waals surface area (Å²) in [5.41, 5.74) is 1.98. The van der Waals surface area contributed by atoms with Crippen LogP contribution in [0.2, 0.25) is 0 Å². The van der Waals surface area contributed by atoms with Crippen LogP contribution in [0.15, 0.2) is 48.5 Å². The lowest BCUT2D eigenvalue weighted by Gasteiger charge is -2.25. The van der Waals surface area contributed by atoms with Gasteiger partial charge in [-0.05, 0) is 36.6 Å². The molecular weight excluding hydrogens is 334 g/mol. The van der Waals surface area contributed by atoms with Crippen LogP contribution in [-0.4, -0.2) is 36.7 Å². The van der Waals surface area contributed by atoms with Crippen LogP contribution < -0.4 is 14.8 Å². The standard InChI is InChI=1S/C20H21NO5/c22-19(23)13-26-15-7-5-14(6-8-15)9-11-21-20(24)17-10-12-25-18-4-2-1-3-16(17)18/h1-8,17H,9-13H2,(H,21,24)(H,22,23). The first-order valence-corrected chi connectivity index (χ1v) is 8.56. The van der Waals surface area contributed by atoms with Crippen LogP contribution in [0.4, 0.5) is 0 Å². The number of rotatable bonds is 7. The Hall–Kier alpha value is -3.02. The highest BCUT2D eigenvalue weighted by Gasteiger charge is 2.26. The summed E-state index contributed by atoms with van der Waals surface area (Å²) >= 11 is 0. The highest BCUT2D eigenvalue weighted by Crippen LogP contribution is 2.33. The molecule has 1 aliphatic heterocycles. The van der Waals surface area contributed by atoms with Gasteiger partial charge in [-0.3, -0.25) is 4.79 Å². The zero-order chi connectivity index (χ0) is 18.4. The van der Waals surface area contributed by atoms with E-state index in [1.807, 2.05) is 36.4 Å². The Morgan fingerprint density at radius 3 is 2.69 bits per heavy atom. The van der Waals surface area contributed by atoms with Crippen LogP contribution in [-0.2, 0) is 16.0 Å². The smallest absolute Gasteiger partial charge is 0.341 e. The van der Waals surface area contributed by atoms with Crippen LogP contribution in [0, 0.1) is 0 Å². The Morgan fingerprint density at radius 1 is 1.15 bits per heavy atom. The predicted octanol–water partition coefficient (Wildman–Crippen LogP) is 2.38. The fraction of sp³-hybridized carbons (Fsp3) is 0.300. The normalized spacial score (nSPS) is 15.5. The maximum absolute atomic E-state index is 12.5. The van der Waals surface area contributed by atoms with E-state index in [1.165, 1.54) is 0 Å². The molecule has 136 valence electrons.